The van der Waals surface area contributed by atoms with Gasteiger partial charge in [0.2, 0.25) is 0 Å². The minimum atomic E-state index is 1.11. The second-order valence-electron chi connectivity index (χ2n) is 2.66. The van der Waals surface area contributed by atoms with Gasteiger partial charge in [-0.2, -0.15) is 0 Å². The Morgan fingerprint density at radius 1 is 1.18 bits per heavy atom. The zero-order valence-corrected chi connectivity index (χ0v) is 8.01. The molecule has 0 aliphatic rings. The first-order valence-corrected chi connectivity index (χ1v) is 5.59. The fourth-order valence-corrected chi connectivity index (χ4v) is 2.06. The third-order valence-corrected chi connectivity index (χ3v) is 3.11. The van der Waals surface area contributed by atoms with Crippen LogP contribution in [0.4, 0.5) is 0 Å². The van der Waals surface area contributed by atoms with E-state index < -0.39 is 0 Å². The van der Waals surface area contributed by atoms with E-state index in [2.05, 4.69) is 37.3 Å². The molecule has 0 aromatic heterocycles. The minimum absolute atomic E-state index is 1.11. The Hall–Kier alpha value is -0.350. The SMILES string of the molecule is CCCPCc1ccccc1. The summed E-state index contributed by atoms with van der Waals surface area (Å²) in [7, 11) is 1.11. The third kappa shape index (κ3) is 3.53. The molecule has 1 aromatic carbocycles. The maximum Gasteiger partial charge on any atom is -0.0101 e. The van der Waals surface area contributed by atoms with Crippen molar-refractivity contribution in [1.29, 1.82) is 0 Å². The van der Waals surface area contributed by atoms with Crippen molar-refractivity contribution in [2.24, 2.45) is 0 Å². The van der Waals surface area contributed by atoms with E-state index in [9.17, 15) is 0 Å². The Kier molecular flexibility index (Phi) is 4.23. The molecule has 0 aliphatic heterocycles. The molecule has 0 radical (unpaired) electrons. The van der Waals surface area contributed by atoms with Gasteiger partial charge in [-0.05, 0) is 17.9 Å². The van der Waals surface area contributed by atoms with Crippen molar-refractivity contribution < 1.29 is 0 Å². The summed E-state index contributed by atoms with van der Waals surface area (Å²) in [5.41, 5.74) is 1.49. The summed E-state index contributed by atoms with van der Waals surface area (Å²) in [4.78, 5) is 0. The maximum atomic E-state index is 2.25. The molecule has 0 N–H and O–H groups in total. The Labute approximate surface area is 70.8 Å². The van der Waals surface area contributed by atoms with Crippen LogP contribution in [0, 0.1) is 0 Å². The van der Waals surface area contributed by atoms with Gasteiger partial charge in [0.15, 0.2) is 0 Å². The summed E-state index contributed by atoms with van der Waals surface area (Å²) < 4.78 is 0. The number of rotatable bonds is 4. The van der Waals surface area contributed by atoms with Gasteiger partial charge in [-0.25, -0.2) is 0 Å². The van der Waals surface area contributed by atoms with Gasteiger partial charge in [-0.15, -0.1) is 8.58 Å². The molecule has 0 fully saturated rings. The molecule has 1 aromatic rings. The summed E-state index contributed by atoms with van der Waals surface area (Å²) in [5, 5.41) is 0. The smallest absolute Gasteiger partial charge is 0.0101 e. The lowest BCUT2D eigenvalue weighted by Gasteiger charge is -1.98. The molecule has 0 bridgehead atoms. The zero-order valence-electron chi connectivity index (χ0n) is 7.01. The van der Waals surface area contributed by atoms with Crippen LogP contribution >= 0.6 is 8.58 Å². The van der Waals surface area contributed by atoms with E-state index >= 15 is 0 Å². The third-order valence-electron chi connectivity index (χ3n) is 1.60. The monoisotopic (exact) mass is 166 g/mol. The normalized spacial score (nSPS) is 11.0. The maximum absolute atomic E-state index is 2.25. The Bertz CT molecular complexity index is 181. The number of hydrogen-bond acceptors (Lipinski definition) is 0. The highest BCUT2D eigenvalue weighted by Crippen LogP contribution is 2.18. The lowest BCUT2D eigenvalue weighted by molar-refractivity contribution is 1.10. The average Bonchev–Trinajstić information content (AvgIpc) is 2.07. The van der Waals surface area contributed by atoms with Gasteiger partial charge in [0.25, 0.3) is 0 Å². The van der Waals surface area contributed by atoms with E-state index in [1.807, 2.05) is 0 Å². The Balaban J connectivity index is 2.28. The molecule has 1 rings (SSSR count). The highest BCUT2D eigenvalue weighted by atomic mass is 31.1. The van der Waals surface area contributed by atoms with E-state index in [4.69, 9.17) is 0 Å². The molecule has 1 unspecified atom stereocenters. The lowest BCUT2D eigenvalue weighted by Crippen LogP contribution is -1.77. The summed E-state index contributed by atoms with van der Waals surface area (Å²) in [6, 6.07) is 10.7. The van der Waals surface area contributed by atoms with E-state index in [-0.39, 0.29) is 0 Å². The molecule has 0 spiro atoms. The number of hydrogen-bond donors (Lipinski definition) is 0. The van der Waals surface area contributed by atoms with Crippen molar-refractivity contribution in [1.82, 2.24) is 0 Å². The van der Waals surface area contributed by atoms with Crippen molar-refractivity contribution in [3.63, 3.8) is 0 Å². The minimum Gasteiger partial charge on any atom is -0.118 e. The molecule has 0 saturated carbocycles. The van der Waals surface area contributed by atoms with Crippen LogP contribution in [0.2, 0.25) is 0 Å². The van der Waals surface area contributed by atoms with Gasteiger partial charge in [0.05, 0.1) is 0 Å². The highest BCUT2D eigenvalue weighted by Gasteiger charge is 1.88. The molecule has 0 heterocycles. The van der Waals surface area contributed by atoms with Crippen LogP contribution in [0.3, 0.4) is 0 Å². The van der Waals surface area contributed by atoms with E-state index in [0.29, 0.717) is 0 Å². The molecular weight excluding hydrogens is 151 g/mol. The van der Waals surface area contributed by atoms with E-state index in [1.165, 1.54) is 24.3 Å². The molecule has 11 heavy (non-hydrogen) atoms. The Morgan fingerprint density at radius 3 is 2.55 bits per heavy atom. The summed E-state index contributed by atoms with van der Waals surface area (Å²) >= 11 is 0. The molecule has 1 atom stereocenters. The second kappa shape index (κ2) is 5.32. The fraction of sp³-hybridized carbons (Fsp3) is 0.400. The van der Waals surface area contributed by atoms with Gasteiger partial charge in [0.1, 0.15) is 0 Å². The number of benzene rings is 1. The molecule has 60 valence electrons. The molecule has 0 nitrogen and oxygen atoms in total. The molecule has 0 aliphatic carbocycles. The molecule has 0 saturated heterocycles. The second-order valence-corrected chi connectivity index (χ2v) is 4.02. The standard InChI is InChI=1S/C10H15P/c1-2-8-11-9-10-6-4-3-5-7-10/h3-7,11H,2,8-9H2,1H3. The summed E-state index contributed by atoms with van der Waals surface area (Å²) in [6.45, 7) is 2.25. The van der Waals surface area contributed by atoms with Gasteiger partial charge >= 0.3 is 0 Å². The average molecular weight is 166 g/mol. The van der Waals surface area contributed by atoms with Crippen LogP contribution in [0.25, 0.3) is 0 Å². The van der Waals surface area contributed by atoms with Crippen molar-refractivity contribution in [3.8, 4) is 0 Å². The largest absolute Gasteiger partial charge is 0.118 e. The van der Waals surface area contributed by atoms with Gasteiger partial charge < -0.3 is 0 Å². The van der Waals surface area contributed by atoms with E-state index in [1.54, 1.807) is 0 Å². The van der Waals surface area contributed by atoms with Crippen molar-refractivity contribution in [2.45, 2.75) is 19.5 Å². The zero-order chi connectivity index (χ0) is 7.94. The van der Waals surface area contributed by atoms with Crippen molar-refractivity contribution >= 4 is 8.58 Å². The summed E-state index contributed by atoms with van der Waals surface area (Å²) in [6.07, 6.45) is 3.98. The summed E-state index contributed by atoms with van der Waals surface area (Å²) in [5.74, 6) is 0. The molecule has 0 amide bonds. The van der Waals surface area contributed by atoms with E-state index in [0.717, 1.165) is 8.58 Å². The fourth-order valence-electron chi connectivity index (χ4n) is 1.01. The first kappa shape index (κ1) is 8.74. The van der Waals surface area contributed by atoms with Crippen LogP contribution < -0.4 is 0 Å². The predicted octanol–water partition coefficient (Wildman–Crippen LogP) is 3.28. The molecular formula is C10H15P. The Morgan fingerprint density at radius 2 is 1.91 bits per heavy atom. The predicted molar refractivity (Wildman–Crippen MR) is 53.6 cm³/mol. The topological polar surface area (TPSA) is 0 Å². The van der Waals surface area contributed by atoms with Gasteiger partial charge in [-0.1, -0.05) is 43.7 Å². The quantitative estimate of drug-likeness (QED) is 0.475. The van der Waals surface area contributed by atoms with Crippen LogP contribution in [-0.4, -0.2) is 6.16 Å². The first-order valence-electron chi connectivity index (χ1n) is 4.18. The lowest BCUT2D eigenvalue weighted by atomic mass is 10.2. The van der Waals surface area contributed by atoms with Gasteiger partial charge in [0, 0.05) is 0 Å². The van der Waals surface area contributed by atoms with Crippen molar-refractivity contribution in [2.75, 3.05) is 6.16 Å². The molecule has 1 heteroatoms. The van der Waals surface area contributed by atoms with Crippen LogP contribution in [0.5, 0.6) is 0 Å². The first-order chi connectivity index (χ1) is 5.43. The highest BCUT2D eigenvalue weighted by molar-refractivity contribution is 7.37. The van der Waals surface area contributed by atoms with Crippen LogP contribution in [-0.2, 0) is 6.16 Å². The van der Waals surface area contributed by atoms with Crippen LogP contribution in [0.1, 0.15) is 18.9 Å². The van der Waals surface area contributed by atoms with Gasteiger partial charge in [-0.3, -0.25) is 0 Å². The van der Waals surface area contributed by atoms with Crippen LogP contribution in [0.15, 0.2) is 30.3 Å². The van der Waals surface area contributed by atoms with Crippen molar-refractivity contribution in [3.05, 3.63) is 35.9 Å².